The minimum Gasteiger partial charge on any atom is -0.342 e. The zero-order valence-corrected chi connectivity index (χ0v) is 13.4. The maximum Gasteiger partial charge on any atom is 0.208 e. The fraction of sp³-hybridized carbons (Fsp3) is 0.429. The summed E-state index contributed by atoms with van der Waals surface area (Å²) in [7, 11) is 2.00. The first-order chi connectivity index (χ1) is 9.95. The minimum absolute atomic E-state index is 0.0261. The number of nitrogens with zero attached hydrogens (tertiary/aromatic N) is 6. The topological polar surface area (TPSA) is 59.2 Å². The number of anilines is 1. The number of fused-ring (bicyclic) bond motifs is 1. The quantitative estimate of drug-likeness (QED) is 0.744. The summed E-state index contributed by atoms with van der Waals surface area (Å²) in [5, 5.41) is 18.9. The summed E-state index contributed by atoms with van der Waals surface area (Å²) in [6, 6.07) is 5.87. The normalized spacial score (nSPS) is 12.0. The zero-order valence-electron chi connectivity index (χ0n) is 12.6. The lowest BCUT2D eigenvalue weighted by molar-refractivity contribution is 0.578. The van der Waals surface area contributed by atoms with E-state index in [2.05, 4.69) is 46.1 Å². The Labute approximate surface area is 127 Å². The first-order valence-electron chi connectivity index (χ1n) is 6.79. The molecule has 0 amide bonds. The Morgan fingerprint density at radius 2 is 1.95 bits per heavy atom. The number of rotatable bonds is 3. The van der Waals surface area contributed by atoms with E-state index in [0.717, 1.165) is 21.6 Å². The lowest BCUT2D eigenvalue weighted by Gasteiger charge is -2.14. The van der Waals surface area contributed by atoms with Crippen molar-refractivity contribution in [2.24, 2.45) is 0 Å². The highest BCUT2D eigenvalue weighted by Gasteiger charge is 2.21. The Morgan fingerprint density at radius 3 is 2.67 bits per heavy atom. The molecule has 0 aliphatic rings. The molecule has 6 nitrogen and oxygen atoms in total. The Hall–Kier alpha value is -2.02. The van der Waals surface area contributed by atoms with Gasteiger partial charge in [-0.05, 0) is 12.1 Å². The van der Waals surface area contributed by atoms with E-state index in [1.54, 1.807) is 11.3 Å². The smallest absolute Gasteiger partial charge is 0.208 e. The van der Waals surface area contributed by atoms with Crippen molar-refractivity contribution in [2.45, 2.75) is 32.7 Å². The van der Waals surface area contributed by atoms with Crippen LogP contribution in [0.1, 0.15) is 31.6 Å². The van der Waals surface area contributed by atoms with Gasteiger partial charge in [-0.3, -0.25) is 4.40 Å². The Kier molecular flexibility index (Phi) is 3.36. The summed E-state index contributed by atoms with van der Waals surface area (Å²) in [5.74, 6) is 0.889. The molecule has 0 aliphatic carbocycles. The molecule has 0 fully saturated rings. The van der Waals surface area contributed by atoms with Crippen LogP contribution in [-0.2, 0) is 12.0 Å². The Morgan fingerprint density at radius 1 is 1.14 bits per heavy atom. The van der Waals surface area contributed by atoms with Crippen LogP contribution in [0.4, 0.5) is 5.13 Å². The van der Waals surface area contributed by atoms with Crippen LogP contribution in [0.25, 0.3) is 5.65 Å². The molecular weight excluding hydrogens is 284 g/mol. The summed E-state index contributed by atoms with van der Waals surface area (Å²) < 4.78 is 1.99. The molecule has 7 heteroatoms. The van der Waals surface area contributed by atoms with Gasteiger partial charge in [-0.15, -0.1) is 20.4 Å². The molecule has 0 N–H and O–H groups in total. The van der Waals surface area contributed by atoms with Gasteiger partial charge in [0.1, 0.15) is 5.01 Å². The predicted molar refractivity (Wildman–Crippen MR) is 83.7 cm³/mol. The molecule has 110 valence electrons. The Balaban J connectivity index is 1.83. The molecule has 0 atom stereocenters. The average molecular weight is 302 g/mol. The molecule has 0 aliphatic heterocycles. The molecule has 0 aromatic carbocycles. The third kappa shape index (κ3) is 2.73. The highest BCUT2D eigenvalue weighted by atomic mass is 32.1. The first-order valence-corrected chi connectivity index (χ1v) is 7.60. The van der Waals surface area contributed by atoms with Gasteiger partial charge in [0.15, 0.2) is 11.5 Å². The molecule has 0 spiro atoms. The summed E-state index contributed by atoms with van der Waals surface area (Å²) in [6.07, 6.45) is 1.97. The molecule has 3 aromatic rings. The second kappa shape index (κ2) is 5.07. The lowest BCUT2D eigenvalue weighted by Crippen LogP contribution is -2.18. The molecule has 0 bridgehead atoms. The number of hydrogen-bond donors (Lipinski definition) is 0. The largest absolute Gasteiger partial charge is 0.342 e. The third-order valence-electron chi connectivity index (χ3n) is 3.15. The van der Waals surface area contributed by atoms with Gasteiger partial charge < -0.3 is 4.90 Å². The van der Waals surface area contributed by atoms with Crippen molar-refractivity contribution in [3.8, 4) is 0 Å². The van der Waals surface area contributed by atoms with Crippen molar-refractivity contribution in [1.82, 2.24) is 24.8 Å². The van der Waals surface area contributed by atoms with E-state index in [9.17, 15) is 0 Å². The van der Waals surface area contributed by atoms with Gasteiger partial charge in [-0.1, -0.05) is 38.2 Å². The number of aromatic nitrogens is 5. The minimum atomic E-state index is 0.0261. The van der Waals surface area contributed by atoms with Gasteiger partial charge in [0.2, 0.25) is 5.13 Å². The van der Waals surface area contributed by atoms with Crippen molar-refractivity contribution in [3.05, 3.63) is 35.2 Å². The van der Waals surface area contributed by atoms with Crippen LogP contribution in [0, 0.1) is 0 Å². The van der Waals surface area contributed by atoms with Crippen molar-refractivity contribution < 1.29 is 0 Å². The van der Waals surface area contributed by atoms with E-state index in [-0.39, 0.29) is 5.41 Å². The highest BCUT2D eigenvalue weighted by molar-refractivity contribution is 7.15. The van der Waals surface area contributed by atoms with Crippen LogP contribution >= 0.6 is 11.3 Å². The standard InChI is InChI=1S/C14H18N6S/c1-14(2,3)12-17-18-13(21-12)19(4)9-11-16-15-10-7-5-6-8-20(10)11/h5-8H,9H2,1-4H3. The van der Waals surface area contributed by atoms with Crippen LogP contribution in [-0.4, -0.2) is 31.8 Å². The number of pyridine rings is 1. The van der Waals surface area contributed by atoms with Crippen molar-refractivity contribution >= 4 is 22.1 Å². The SMILES string of the molecule is CN(Cc1nnc2ccccn12)c1nnc(C(C)(C)C)s1. The van der Waals surface area contributed by atoms with Gasteiger partial charge in [0, 0.05) is 18.7 Å². The van der Waals surface area contributed by atoms with Crippen molar-refractivity contribution in [3.63, 3.8) is 0 Å². The molecule has 3 rings (SSSR count). The fourth-order valence-corrected chi connectivity index (χ4v) is 2.81. The summed E-state index contributed by atoms with van der Waals surface area (Å²) >= 11 is 1.62. The van der Waals surface area contributed by atoms with E-state index < -0.39 is 0 Å². The van der Waals surface area contributed by atoms with E-state index in [4.69, 9.17) is 0 Å². The molecule has 3 heterocycles. The van der Waals surface area contributed by atoms with Gasteiger partial charge in [-0.25, -0.2) is 0 Å². The molecule has 0 saturated carbocycles. The lowest BCUT2D eigenvalue weighted by atomic mass is 9.98. The first kappa shape index (κ1) is 13.9. The summed E-state index contributed by atoms with van der Waals surface area (Å²) in [5.41, 5.74) is 0.881. The van der Waals surface area contributed by atoms with Crippen LogP contribution in [0.15, 0.2) is 24.4 Å². The Bertz CT molecular complexity index is 754. The maximum atomic E-state index is 4.28. The van der Waals surface area contributed by atoms with Gasteiger partial charge in [-0.2, -0.15) is 0 Å². The van der Waals surface area contributed by atoms with Crippen molar-refractivity contribution in [2.75, 3.05) is 11.9 Å². The average Bonchev–Trinajstić information content (AvgIpc) is 3.05. The molecule has 21 heavy (non-hydrogen) atoms. The van der Waals surface area contributed by atoms with E-state index in [1.165, 1.54) is 0 Å². The van der Waals surface area contributed by atoms with Crippen molar-refractivity contribution in [1.29, 1.82) is 0 Å². The van der Waals surface area contributed by atoms with E-state index in [1.807, 2.05) is 35.8 Å². The maximum absolute atomic E-state index is 4.28. The van der Waals surface area contributed by atoms with E-state index in [0.29, 0.717) is 6.54 Å². The molecule has 3 aromatic heterocycles. The molecule has 0 saturated heterocycles. The van der Waals surface area contributed by atoms with E-state index >= 15 is 0 Å². The fourth-order valence-electron chi connectivity index (χ4n) is 1.95. The van der Waals surface area contributed by atoms with Crippen LogP contribution in [0.5, 0.6) is 0 Å². The van der Waals surface area contributed by atoms with Gasteiger partial charge in [0.25, 0.3) is 0 Å². The highest BCUT2D eigenvalue weighted by Crippen LogP contribution is 2.29. The second-order valence-corrected chi connectivity index (χ2v) is 7.00. The van der Waals surface area contributed by atoms with Crippen LogP contribution < -0.4 is 4.90 Å². The monoisotopic (exact) mass is 302 g/mol. The van der Waals surface area contributed by atoms with Gasteiger partial charge >= 0.3 is 0 Å². The predicted octanol–water partition coefficient (Wildman–Crippen LogP) is 2.51. The zero-order chi connectivity index (χ0) is 15.0. The summed E-state index contributed by atoms with van der Waals surface area (Å²) in [6.45, 7) is 7.07. The third-order valence-corrected chi connectivity index (χ3v) is 4.61. The van der Waals surface area contributed by atoms with Crippen LogP contribution in [0.2, 0.25) is 0 Å². The number of hydrogen-bond acceptors (Lipinski definition) is 6. The molecular formula is C14H18N6S. The molecule has 0 unspecified atom stereocenters. The second-order valence-electron chi connectivity index (χ2n) is 6.04. The van der Waals surface area contributed by atoms with Crippen LogP contribution in [0.3, 0.4) is 0 Å². The summed E-state index contributed by atoms with van der Waals surface area (Å²) in [4.78, 5) is 2.05. The van der Waals surface area contributed by atoms with Gasteiger partial charge in [0.05, 0.1) is 6.54 Å². The molecule has 0 radical (unpaired) electrons.